The van der Waals surface area contributed by atoms with Crippen LogP contribution in [0.5, 0.6) is 17.5 Å². The summed E-state index contributed by atoms with van der Waals surface area (Å²) in [4.78, 5) is 54.2. The van der Waals surface area contributed by atoms with E-state index in [1.807, 2.05) is 19.1 Å². The number of rotatable bonds is 25. The molecular weight excluding hydrogens is 902 g/mol. The maximum atomic E-state index is 13.1. The van der Waals surface area contributed by atoms with Gasteiger partial charge in [0.25, 0.3) is 0 Å². The van der Waals surface area contributed by atoms with Gasteiger partial charge in [-0.3, -0.25) is 19.5 Å². The van der Waals surface area contributed by atoms with Crippen LogP contribution in [0.15, 0.2) is 46.9 Å². The minimum Gasteiger partial charge on any atom is -0.495 e. The van der Waals surface area contributed by atoms with Crippen LogP contribution in [0.3, 0.4) is 0 Å². The van der Waals surface area contributed by atoms with Crippen molar-refractivity contribution in [2.45, 2.75) is 107 Å². The van der Waals surface area contributed by atoms with Gasteiger partial charge in [-0.05, 0) is 51.8 Å². The van der Waals surface area contributed by atoms with Crippen LogP contribution in [0.1, 0.15) is 59.4 Å². The number of hydrogen-bond acceptors (Lipinski definition) is 16. The molecule has 6 unspecified atom stereocenters. The fourth-order valence-corrected chi connectivity index (χ4v) is 9.00. The number of nitrogens with two attached hydrogens (primary N) is 1. The third kappa shape index (κ3) is 14.0. The summed E-state index contributed by atoms with van der Waals surface area (Å²) in [5, 5.41) is 35.5. The molecule has 0 spiro atoms. The van der Waals surface area contributed by atoms with E-state index >= 15 is 0 Å². The number of esters is 1. The number of aliphatic hydroxyl groups is 1. The molecule has 19 nitrogen and oxygen atoms in total. The normalized spacial score (nSPS) is 22.8. The van der Waals surface area contributed by atoms with Crippen molar-refractivity contribution < 1.29 is 67.7 Å². The molecule has 0 aliphatic carbocycles. The minimum atomic E-state index is -1.87. The molecule has 2 fully saturated rings. The molecule has 1 aromatic carbocycles. The molecule has 2 saturated heterocycles. The number of thioether (sulfide) groups is 1. The number of nitrogens with one attached hydrogen (secondary N) is 1. The number of amides is 3. The van der Waals surface area contributed by atoms with Gasteiger partial charge in [0, 0.05) is 65.8 Å². The molecule has 0 bridgehead atoms. The van der Waals surface area contributed by atoms with Gasteiger partial charge in [0.15, 0.2) is 11.6 Å². The molecule has 3 heterocycles. The first-order valence-corrected chi connectivity index (χ1v) is 22.9. The topological polar surface area (TPSA) is 243 Å². The van der Waals surface area contributed by atoms with Gasteiger partial charge in [0.2, 0.25) is 17.7 Å². The van der Waals surface area contributed by atoms with Gasteiger partial charge in [-0.2, -0.15) is 0 Å². The smallest absolute Gasteiger partial charge is 0.409 e. The standard InChI is InChI=1S/C45H66ClN5O14S/c1-28(21-31-22-32(50(7)30(3)52)39(46)33(23-31)59-8)11-10-12-35(60-9)45(58)25-36(64-42(57)48-45)44(5)26-43(4,65-44)27-63-41(56)29(2)49(6)37(53)13-20-66-34-24-38(54)51(40(34)55)15-17-62-19-18-61-16-14-47/h10-12,22-24,29,35-36,54-55,58H,13-21,25-27,47H2,1-9H3,(H,48,57). The van der Waals surface area contributed by atoms with Crippen LogP contribution in [0.2, 0.25) is 5.02 Å². The van der Waals surface area contributed by atoms with Crippen molar-refractivity contribution in [2.75, 3.05) is 78.5 Å². The molecule has 3 amide bonds. The van der Waals surface area contributed by atoms with Crippen LogP contribution >= 0.6 is 23.4 Å². The summed E-state index contributed by atoms with van der Waals surface area (Å²) in [6, 6.07) is 4.11. The van der Waals surface area contributed by atoms with Crippen molar-refractivity contribution in [1.29, 1.82) is 0 Å². The lowest BCUT2D eigenvalue weighted by atomic mass is 9.75. The Kier molecular flexibility index (Phi) is 19.6. The highest BCUT2D eigenvalue weighted by Gasteiger charge is 2.60. The molecule has 0 radical (unpaired) electrons. The number of benzene rings is 1. The van der Waals surface area contributed by atoms with Crippen LogP contribution in [0.4, 0.5) is 10.5 Å². The predicted molar refractivity (Wildman–Crippen MR) is 247 cm³/mol. The zero-order valence-corrected chi connectivity index (χ0v) is 40.8. The van der Waals surface area contributed by atoms with Crippen molar-refractivity contribution in [3.8, 4) is 17.5 Å². The molecule has 4 rings (SSSR count). The van der Waals surface area contributed by atoms with E-state index in [1.54, 1.807) is 46.0 Å². The number of aromatic nitrogens is 1. The van der Waals surface area contributed by atoms with Crippen LogP contribution < -0.4 is 20.7 Å². The van der Waals surface area contributed by atoms with Crippen LogP contribution in [0.25, 0.3) is 0 Å². The Labute approximate surface area is 395 Å². The predicted octanol–water partition coefficient (Wildman–Crippen LogP) is 4.29. The Morgan fingerprint density at radius 3 is 2.42 bits per heavy atom. The zero-order chi connectivity index (χ0) is 49.0. The Balaban J connectivity index is 1.26. The zero-order valence-electron chi connectivity index (χ0n) is 39.2. The average molecular weight is 969 g/mol. The molecule has 6 N–H and O–H groups in total. The van der Waals surface area contributed by atoms with Gasteiger partial charge in [0.1, 0.15) is 46.8 Å². The number of carbonyl (C=O) groups excluding carboxylic acids is 4. The maximum Gasteiger partial charge on any atom is 0.409 e. The molecule has 1 aromatic heterocycles. The van der Waals surface area contributed by atoms with Gasteiger partial charge < -0.3 is 64.0 Å². The Morgan fingerprint density at radius 1 is 1.11 bits per heavy atom. The quantitative estimate of drug-likeness (QED) is 0.0403. The molecular formula is C45H66ClN5O14S. The summed E-state index contributed by atoms with van der Waals surface area (Å²) < 4.78 is 40.6. The number of alkyl carbamates (subject to hydrolysis) is 1. The summed E-state index contributed by atoms with van der Waals surface area (Å²) in [5.41, 5.74) is 3.81. The van der Waals surface area contributed by atoms with Crippen molar-refractivity contribution in [1.82, 2.24) is 14.8 Å². The number of methoxy groups -OCH3 is 2. The molecule has 368 valence electrons. The molecule has 0 saturated carbocycles. The highest BCUT2D eigenvalue weighted by atomic mass is 35.5. The fourth-order valence-electron chi connectivity index (χ4n) is 7.77. The minimum absolute atomic E-state index is 0.0376. The lowest BCUT2D eigenvalue weighted by Gasteiger charge is -2.57. The van der Waals surface area contributed by atoms with Gasteiger partial charge >= 0.3 is 12.1 Å². The van der Waals surface area contributed by atoms with E-state index in [-0.39, 0.29) is 61.9 Å². The van der Waals surface area contributed by atoms with E-state index < -0.39 is 47.2 Å². The highest BCUT2D eigenvalue weighted by molar-refractivity contribution is 7.99. The lowest BCUT2D eigenvalue weighted by molar-refractivity contribution is -0.312. The molecule has 21 heteroatoms. The largest absolute Gasteiger partial charge is 0.495 e. The van der Waals surface area contributed by atoms with Gasteiger partial charge in [-0.1, -0.05) is 35.4 Å². The number of aromatic hydroxyl groups is 2. The number of halogens is 1. The first kappa shape index (κ1) is 54.1. The van der Waals surface area contributed by atoms with Crippen LogP contribution in [-0.4, -0.2) is 157 Å². The van der Waals surface area contributed by atoms with E-state index in [9.17, 15) is 34.5 Å². The highest BCUT2D eigenvalue weighted by Crippen LogP contribution is 2.47. The van der Waals surface area contributed by atoms with Gasteiger partial charge in [0.05, 0.1) is 50.7 Å². The van der Waals surface area contributed by atoms with Crippen molar-refractivity contribution in [3.63, 3.8) is 0 Å². The maximum absolute atomic E-state index is 13.1. The SMILES string of the molecule is COc1cc(CC(C)=CC=CC(OC)C2(O)CC(C3(C)CC(C)(COC(=O)C(C)N(C)C(=O)CCSc4cc(O)n(CCOCCOCCN)c4O)O3)OC(=O)N2)cc(N(C)C(C)=O)c1Cl. The number of nitrogens with zero attached hydrogens (tertiary/aromatic N) is 3. The van der Waals surface area contributed by atoms with E-state index in [1.165, 1.54) is 60.4 Å². The third-order valence-electron chi connectivity index (χ3n) is 11.5. The lowest BCUT2D eigenvalue weighted by Crippen LogP contribution is -2.71. The summed E-state index contributed by atoms with van der Waals surface area (Å²) >= 11 is 7.67. The van der Waals surface area contributed by atoms with Gasteiger partial charge in [-0.15, -0.1) is 11.8 Å². The summed E-state index contributed by atoms with van der Waals surface area (Å²) in [5.74, 6) is -0.758. The monoisotopic (exact) mass is 967 g/mol. The van der Waals surface area contributed by atoms with E-state index in [0.717, 1.165) is 11.1 Å². The van der Waals surface area contributed by atoms with Crippen molar-refractivity contribution in [2.24, 2.45) is 5.73 Å². The molecule has 66 heavy (non-hydrogen) atoms. The van der Waals surface area contributed by atoms with E-state index in [0.29, 0.717) is 60.6 Å². The second-order valence-corrected chi connectivity index (χ2v) is 18.4. The fraction of sp³-hybridized carbons (Fsp3) is 0.600. The van der Waals surface area contributed by atoms with E-state index in [2.05, 4.69) is 5.32 Å². The third-order valence-corrected chi connectivity index (χ3v) is 12.9. The van der Waals surface area contributed by atoms with Crippen LogP contribution in [0, 0.1) is 0 Å². The van der Waals surface area contributed by atoms with Crippen molar-refractivity contribution >= 4 is 52.9 Å². The Bertz CT molecular complexity index is 2080. The number of allylic oxidation sites excluding steroid dienone is 3. The number of likely N-dealkylation sites (N-methyl/N-ethyl adjacent to an activating group) is 1. The Hall–Kier alpha value is -4.54. The number of cyclic esters (lactones) is 1. The van der Waals surface area contributed by atoms with Crippen molar-refractivity contribution in [3.05, 3.63) is 52.6 Å². The number of anilines is 1. The molecule has 6 atom stereocenters. The number of ether oxygens (including phenoxy) is 7. The first-order valence-electron chi connectivity index (χ1n) is 21.5. The second kappa shape index (κ2) is 24.0. The molecule has 2 aromatic rings. The van der Waals surface area contributed by atoms with E-state index in [4.69, 9.17) is 50.5 Å². The summed E-state index contributed by atoms with van der Waals surface area (Å²) in [6.45, 7) is 10.3. The summed E-state index contributed by atoms with van der Waals surface area (Å²) in [6.07, 6.45) is 3.16. The number of hydrogen-bond donors (Lipinski definition) is 5. The first-order chi connectivity index (χ1) is 31.1. The number of carbonyl (C=O) groups is 4. The average Bonchev–Trinajstić information content (AvgIpc) is 3.52. The summed E-state index contributed by atoms with van der Waals surface area (Å²) in [7, 11) is 6.04. The molecule has 2 aliphatic rings. The van der Waals surface area contributed by atoms with Crippen LogP contribution in [-0.2, 0) is 55.8 Å². The van der Waals surface area contributed by atoms with Gasteiger partial charge in [-0.25, -0.2) is 9.59 Å². The second-order valence-electron chi connectivity index (χ2n) is 16.9. The molecule has 2 aliphatic heterocycles. The Morgan fingerprint density at radius 2 is 1.79 bits per heavy atom.